The van der Waals surface area contributed by atoms with E-state index >= 15 is 0 Å². The number of urea groups is 1. The van der Waals surface area contributed by atoms with Gasteiger partial charge in [0.15, 0.2) is 5.96 Å². The predicted molar refractivity (Wildman–Crippen MR) is 121 cm³/mol. The number of carbonyl (C=O) groups is 1. The number of likely N-dealkylation sites (tertiary alicyclic amines) is 1. The Morgan fingerprint density at radius 2 is 1.87 bits per heavy atom. The van der Waals surface area contributed by atoms with Gasteiger partial charge in [0.2, 0.25) is 0 Å². The number of nitrogens with one attached hydrogen (secondary N) is 3. The number of anilines is 1. The zero-order valence-electron chi connectivity index (χ0n) is 18.5. The van der Waals surface area contributed by atoms with Crippen molar-refractivity contribution < 1.29 is 9.53 Å². The highest BCUT2D eigenvalue weighted by Crippen LogP contribution is 2.16. The van der Waals surface area contributed by atoms with Gasteiger partial charge in [-0.05, 0) is 44.4 Å². The van der Waals surface area contributed by atoms with Crippen LogP contribution >= 0.6 is 0 Å². The molecule has 0 atom stereocenters. The number of aliphatic imine (C=N–C) groups is 1. The van der Waals surface area contributed by atoms with Gasteiger partial charge in [-0.15, -0.1) is 0 Å². The maximum absolute atomic E-state index is 12.3. The first-order valence-corrected chi connectivity index (χ1v) is 10.9. The summed E-state index contributed by atoms with van der Waals surface area (Å²) in [7, 11) is 1.78. The Hall–Kier alpha value is -2.32. The molecule has 0 bridgehead atoms. The van der Waals surface area contributed by atoms with Crippen molar-refractivity contribution in [3.63, 3.8) is 0 Å². The number of ether oxygens (including phenoxy) is 1. The molecule has 2 saturated heterocycles. The summed E-state index contributed by atoms with van der Waals surface area (Å²) in [5.74, 6) is 0.767. The molecule has 2 fully saturated rings. The third-order valence-corrected chi connectivity index (χ3v) is 5.81. The minimum absolute atomic E-state index is 0.0135. The highest BCUT2D eigenvalue weighted by molar-refractivity contribution is 5.89. The molecule has 0 unspecified atom stereocenters. The Bertz CT molecular complexity index is 724. The second-order valence-electron chi connectivity index (χ2n) is 8.52. The predicted octanol–water partition coefficient (Wildman–Crippen LogP) is 2.09. The summed E-state index contributed by atoms with van der Waals surface area (Å²) in [5, 5.41) is 9.82. The van der Waals surface area contributed by atoms with Gasteiger partial charge in [0.1, 0.15) is 0 Å². The van der Waals surface area contributed by atoms with Crippen molar-refractivity contribution in [1.29, 1.82) is 0 Å². The van der Waals surface area contributed by atoms with E-state index in [4.69, 9.17) is 4.74 Å². The zero-order valence-corrected chi connectivity index (χ0v) is 18.5. The van der Waals surface area contributed by atoms with Gasteiger partial charge in [0.25, 0.3) is 0 Å². The second-order valence-corrected chi connectivity index (χ2v) is 8.52. The Morgan fingerprint density at radius 1 is 1.13 bits per heavy atom. The van der Waals surface area contributed by atoms with Crippen LogP contribution in [0.15, 0.2) is 29.3 Å². The highest BCUT2D eigenvalue weighted by atomic mass is 16.5. The SMILES string of the molecule is CN=C(NCc1cccc(NC(=O)N2CCCC2)c1)NCC(C)(C)N1CCOCC1. The molecule has 8 nitrogen and oxygen atoms in total. The van der Waals surface area contributed by atoms with Crippen LogP contribution in [0.1, 0.15) is 32.3 Å². The molecule has 2 heterocycles. The third kappa shape index (κ3) is 6.34. The molecule has 1 aromatic carbocycles. The summed E-state index contributed by atoms with van der Waals surface area (Å²) in [4.78, 5) is 21.0. The number of benzene rings is 1. The largest absolute Gasteiger partial charge is 0.379 e. The van der Waals surface area contributed by atoms with Gasteiger partial charge in [0.05, 0.1) is 13.2 Å². The van der Waals surface area contributed by atoms with Crippen LogP contribution in [0.3, 0.4) is 0 Å². The molecule has 2 amide bonds. The molecular weight excluding hydrogens is 380 g/mol. The van der Waals surface area contributed by atoms with Gasteiger partial charge in [0, 0.05) is 57.5 Å². The number of nitrogens with zero attached hydrogens (tertiary/aromatic N) is 3. The number of morpholine rings is 1. The average molecular weight is 417 g/mol. The standard InChI is InChI=1S/C22H36N6O2/c1-22(2,28-11-13-30-14-12-28)17-25-20(23-3)24-16-18-7-6-8-19(15-18)26-21(29)27-9-4-5-10-27/h6-8,15H,4-5,9-14,16-17H2,1-3H3,(H,26,29)(H2,23,24,25). The maximum Gasteiger partial charge on any atom is 0.321 e. The molecule has 2 aliphatic rings. The van der Waals surface area contributed by atoms with Crippen LogP contribution in [0, 0.1) is 0 Å². The van der Waals surface area contributed by atoms with E-state index in [-0.39, 0.29) is 11.6 Å². The smallest absolute Gasteiger partial charge is 0.321 e. The van der Waals surface area contributed by atoms with Crippen LogP contribution in [-0.2, 0) is 11.3 Å². The molecule has 0 aromatic heterocycles. The molecule has 0 saturated carbocycles. The lowest BCUT2D eigenvalue weighted by Gasteiger charge is -2.41. The van der Waals surface area contributed by atoms with Gasteiger partial charge in [-0.2, -0.15) is 0 Å². The van der Waals surface area contributed by atoms with Crippen molar-refractivity contribution in [3.8, 4) is 0 Å². The van der Waals surface area contributed by atoms with Crippen LogP contribution in [0.2, 0.25) is 0 Å². The molecule has 3 rings (SSSR count). The number of amides is 2. The van der Waals surface area contributed by atoms with Crippen LogP contribution in [0.5, 0.6) is 0 Å². The van der Waals surface area contributed by atoms with Crippen LogP contribution in [-0.4, -0.2) is 80.3 Å². The van der Waals surface area contributed by atoms with E-state index in [0.29, 0.717) is 6.54 Å². The number of hydrogen-bond acceptors (Lipinski definition) is 4. The Kier molecular flexibility index (Phi) is 7.93. The summed E-state index contributed by atoms with van der Waals surface area (Å²) >= 11 is 0. The number of rotatable bonds is 6. The lowest BCUT2D eigenvalue weighted by Crippen LogP contribution is -2.56. The van der Waals surface area contributed by atoms with E-state index in [1.807, 2.05) is 29.2 Å². The van der Waals surface area contributed by atoms with Crippen LogP contribution in [0.4, 0.5) is 10.5 Å². The summed E-state index contributed by atoms with van der Waals surface area (Å²) < 4.78 is 5.46. The maximum atomic E-state index is 12.3. The second kappa shape index (κ2) is 10.6. The Labute approximate surface area is 180 Å². The number of carbonyl (C=O) groups excluding carboxylic acids is 1. The minimum Gasteiger partial charge on any atom is -0.379 e. The van der Waals surface area contributed by atoms with E-state index < -0.39 is 0 Å². The van der Waals surface area contributed by atoms with Gasteiger partial charge in [-0.1, -0.05) is 12.1 Å². The first-order chi connectivity index (χ1) is 14.5. The van der Waals surface area contributed by atoms with Gasteiger partial charge >= 0.3 is 6.03 Å². The van der Waals surface area contributed by atoms with E-state index in [1.165, 1.54) is 0 Å². The molecule has 166 valence electrons. The van der Waals surface area contributed by atoms with Crippen molar-refractivity contribution in [2.75, 3.05) is 58.3 Å². The quantitative estimate of drug-likeness (QED) is 0.489. The highest BCUT2D eigenvalue weighted by Gasteiger charge is 2.28. The van der Waals surface area contributed by atoms with Crippen molar-refractivity contribution in [2.24, 2.45) is 4.99 Å². The fourth-order valence-corrected chi connectivity index (χ4v) is 3.87. The summed E-state index contributed by atoms with van der Waals surface area (Å²) in [6, 6.07) is 7.93. The molecule has 0 radical (unpaired) electrons. The van der Waals surface area contributed by atoms with Gasteiger partial charge in [-0.3, -0.25) is 9.89 Å². The average Bonchev–Trinajstić information content (AvgIpc) is 3.30. The minimum atomic E-state index is -0.0135. The normalized spacial score (nSPS) is 18.4. The fraction of sp³-hybridized carbons (Fsp3) is 0.636. The summed E-state index contributed by atoms with van der Waals surface area (Å²) in [6.45, 7) is 11.1. The zero-order chi connectivity index (χ0) is 21.4. The van der Waals surface area contributed by atoms with Crippen molar-refractivity contribution in [2.45, 2.75) is 38.8 Å². The summed E-state index contributed by atoms with van der Waals surface area (Å²) in [6.07, 6.45) is 2.18. The van der Waals surface area contributed by atoms with E-state index in [9.17, 15) is 4.79 Å². The fourth-order valence-electron chi connectivity index (χ4n) is 3.87. The number of guanidine groups is 1. The lowest BCUT2D eigenvalue weighted by atomic mass is 10.0. The molecule has 3 N–H and O–H groups in total. The molecule has 30 heavy (non-hydrogen) atoms. The molecule has 1 aromatic rings. The first-order valence-electron chi connectivity index (χ1n) is 10.9. The van der Waals surface area contributed by atoms with Crippen molar-refractivity contribution in [1.82, 2.24) is 20.4 Å². The van der Waals surface area contributed by atoms with Gasteiger partial charge < -0.3 is 25.6 Å². The monoisotopic (exact) mass is 416 g/mol. The Morgan fingerprint density at radius 3 is 2.57 bits per heavy atom. The molecule has 8 heteroatoms. The number of hydrogen-bond donors (Lipinski definition) is 3. The van der Waals surface area contributed by atoms with E-state index in [0.717, 1.165) is 76.0 Å². The van der Waals surface area contributed by atoms with E-state index in [1.54, 1.807) is 7.05 Å². The van der Waals surface area contributed by atoms with Crippen molar-refractivity contribution in [3.05, 3.63) is 29.8 Å². The molecule has 0 aliphatic carbocycles. The van der Waals surface area contributed by atoms with Crippen LogP contribution in [0.25, 0.3) is 0 Å². The van der Waals surface area contributed by atoms with Crippen LogP contribution < -0.4 is 16.0 Å². The lowest BCUT2D eigenvalue weighted by molar-refractivity contribution is -0.00834. The first kappa shape index (κ1) is 22.4. The molecule has 2 aliphatic heterocycles. The summed E-state index contributed by atoms with van der Waals surface area (Å²) in [5.41, 5.74) is 1.92. The van der Waals surface area contributed by atoms with Crippen molar-refractivity contribution >= 4 is 17.7 Å². The van der Waals surface area contributed by atoms with Gasteiger partial charge in [-0.25, -0.2) is 4.79 Å². The Balaban J connectivity index is 1.48. The molecule has 0 spiro atoms. The van der Waals surface area contributed by atoms with E-state index in [2.05, 4.69) is 39.7 Å². The topological polar surface area (TPSA) is 81.2 Å². The third-order valence-electron chi connectivity index (χ3n) is 5.81. The molecular formula is C22H36N6O2.